The lowest BCUT2D eigenvalue weighted by Crippen LogP contribution is -2.03. The predicted octanol–water partition coefficient (Wildman–Crippen LogP) is 2.12. The fraction of sp³-hybridized carbons (Fsp3) is 0.0769. The summed E-state index contributed by atoms with van der Waals surface area (Å²) >= 11 is 0. The number of ether oxygens (including phenoxy) is 1. The number of carbonyl (C=O) groups excluding carboxylic acids is 1. The molecule has 17 heavy (non-hydrogen) atoms. The van der Waals surface area contributed by atoms with Crippen LogP contribution in [0.15, 0.2) is 42.6 Å². The lowest BCUT2D eigenvalue weighted by atomic mass is 10.1. The van der Waals surface area contributed by atoms with Crippen LogP contribution >= 0.6 is 0 Å². The van der Waals surface area contributed by atoms with E-state index >= 15 is 0 Å². The van der Waals surface area contributed by atoms with Gasteiger partial charge in [0.15, 0.2) is 0 Å². The van der Waals surface area contributed by atoms with Gasteiger partial charge in [-0.05, 0) is 35.4 Å². The average Bonchev–Trinajstić information content (AvgIpc) is 2.38. The molecular formula is C13H12N2O2. The molecule has 0 atom stereocenters. The zero-order chi connectivity index (χ0) is 12.3. The summed E-state index contributed by atoms with van der Waals surface area (Å²) in [4.78, 5) is 15.3. The second-order valence-corrected chi connectivity index (χ2v) is 3.55. The Morgan fingerprint density at radius 1 is 1.24 bits per heavy atom. The van der Waals surface area contributed by atoms with Gasteiger partial charge in [0.05, 0.1) is 7.11 Å². The van der Waals surface area contributed by atoms with Crippen LogP contribution in [-0.4, -0.2) is 18.1 Å². The molecule has 0 spiro atoms. The van der Waals surface area contributed by atoms with Crippen LogP contribution in [0.4, 0.5) is 5.69 Å². The molecule has 0 saturated heterocycles. The SMILES string of the molecule is COC(=O)c1cc(-c2cccc(N)c2)ccn1. The monoisotopic (exact) mass is 228 g/mol. The largest absolute Gasteiger partial charge is 0.464 e. The third kappa shape index (κ3) is 2.42. The third-order valence-corrected chi connectivity index (χ3v) is 2.37. The maximum atomic E-state index is 11.4. The lowest BCUT2D eigenvalue weighted by Gasteiger charge is -2.04. The lowest BCUT2D eigenvalue weighted by molar-refractivity contribution is 0.0594. The molecule has 2 aromatic rings. The van der Waals surface area contributed by atoms with Crippen LogP contribution in [0.5, 0.6) is 0 Å². The minimum atomic E-state index is -0.448. The Kier molecular flexibility index (Phi) is 3.05. The molecule has 0 unspecified atom stereocenters. The molecule has 86 valence electrons. The van der Waals surface area contributed by atoms with Crippen molar-refractivity contribution in [3.63, 3.8) is 0 Å². The molecule has 0 fully saturated rings. The molecule has 1 aromatic carbocycles. The van der Waals surface area contributed by atoms with E-state index in [2.05, 4.69) is 9.72 Å². The van der Waals surface area contributed by atoms with Gasteiger partial charge in [-0.25, -0.2) is 9.78 Å². The van der Waals surface area contributed by atoms with Crippen molar-refractivity contribution in [2.45, 2.75) is 0 Å². The number of methoxy groups -OCH3 is 1. The van der Waals surface area contributed by atoms with E-state index in [1.807, 2.05) is 30.3 Å². The second kappa shape index (κ2) is 4.65. The van der Waals surface area contributed by atoms with Gasteiger partial charge in [-0.3, -0.25) is 0 Å². The smallest absolute Gasteiger partial charge is 0.356 e. The Bertz CT molecular complexity index is 553. The standard InChI is InChI=1S/C13H12N2O2/c1-17-13(16)12-8-10(5-6-15-12)9-3-2-4-11(14)7-9/h2-8H,14H2,1H3. The minimum absolute atomic E-state index is 0.285. The van der Waals surface area contributed by atoms with Gasteiger partial charge < -0.3 is 10.5 Å². The highest BCUT2D eigenvalue weighted by molar-refractivity contribution is 5.88. The molecule has 4 heteroatoms. The molecule has 2 N–H and O–H groups in total. The van der Waals surface area contributed by atoms with Gasteiger partial charge in [-0.15, -0.1) is 0 Å². The number of nitrogens with zero attached hydrogens (tertiary/aromatic N) is 1. The van der Waals surface area contributed by atoms with Crippen molar-refractivity contribution in [2.24, 2.45) is 0 Å². The van der Waals surface area contributed by atoms with Crippen LogP contribution < -0.4 is 5.73 Å². The maximum absolute atomic E-state index is 11.4. The number of benzene rings is 1. The molecule has 0 aliphatic carbocycles. The summed E-state index contributed by atoms with van der Waals surface area (Å²) in [5.41, 5.74) is 8.50. The number of hydrogen-bond donors (Lipinski definition) is 1. The van der Waals surface area contributed by atoms with Crippen molar-refractivity contribution in [2.75, 3.05) is 12.8 Å². The van der Waals surface area contributed by atoms with Crippen molar-refractivity contribution < 1.29 is 9.53 Å². The average molecular weight is 228 g/mol. The summed E-state index contributed by atoms with van der Waals surface area (Å²) in [5, 5.41) is 0. The van der Waals surface area contributed by atoms with Crippen molar-refractivity contribution in [1.82, 2.24) is 4.98 Å². The number of pyridine rings is 1. The maximum Gasteiger partial charge on any atom is 0.356 e. The number of rotatable bonds is 2. The molecule has 0 aliphatic rings. The van der Waals surface area contributed by atoms with Gasteiger partial charge in [0.2, 0.25) is 0 Å². The quantitative estimate of drug-likeness (QED) is 0.631. The third-order valence-electron chi connectivity index (χ3n) is 2.37. The highest BCUT2D eigenvalue weighted by Gasteiger charge is 2.08. The highest BCUT2D eigenvalue weighted by atomic mass is 16.5. The van der Waals surface area contributed by atoms with E-state index in [1.54, 1.807) is 12.3 Å². The van der Waals surface area contributed by atoms with E-state index in [-0.39, 0.29) is 5.69 Å². The topological polar surface area (TPSA) is 65.2 Å². The first kappa shape index (κ1) is 11.1. The number of nitrogen functional groups attached to an aromatic ring is 1. The fourth-order valence-electron chi connectivity index (χ4n) is 1.54. The Morgan fingerprint density at radius 3 is 2.71 bits per heavy atom. The Balaban J connectivity index is 2.43. The van der Waals surface area contributed by atoms with Crippen LogP contribution in [0.3, 0.4) is 0 Å². The van der Waals surface area contributed by atoms with Crippen LogP contribution in [0.25, 0.3) is 11.1 Å². The number of carbonyl (C=O) groups is 1. The molecule has 0 radical (unpaired) electrons. The number of hydrogen-bond acceptors (Lipinski definition) is 4. The molecule has 1 heterocycles. The first-order chi connectivity index (χ1) is 8.20. The van der Waals surface area contributed by atoms with Crippen LogP contribution in [-0.2, 0) is 4.74 Å². The second-order valence-electron chi connectivity index (χ2n) is 3.55. The summed E-state index contributed by atoms with van der Waals surface area (Å²) in [7, 11) is 1.33. The molecule has 0 bridgehead atoms. The van der Waals surface area contributed by atoms with Gasteiger partial charge in [0, 0.05) is 11.9 Å². The summed E-state index contributed by atoms with van der Waals surface area (Å²) in [5.74, 6) is -0.448. The normalized spacial score (nSPS) is 9.94. The molecule has 0 aliphatic heterocycles. The Morgan fingerprint density at radius 2 is 2.00 bits per heavy atom. The van der Waals surface area contributed by atoms with E-state index < -0.39 is 5.97 Å². The first-order valence-corrected chi connectivity index (χ1v) is 5.11. The van der Waals surface area contributed by atoms with Crippen LogP contribution in [0, 0.1) is 0 Å². The van der Waals surface area contributed by atoms with Gasteiger partial charge in [-0.1, -0.05) is 12.1 Å². The van der Waals surface area contributed by atoms with Crippen LogP contribution in [0.2, 0.25) is 0 Å². The van der Waals surface area contributed by atoms with Crippen LogP contribution in [0.1, 0.15) is 10.5 Å². The van der Waals surface area contributed by atoms with E-state index in [4.69, 9.17) is 5.73 Å². The summed E-state index contributed by atoms with van der Waals surface area (Å²) in [6.07, 6.45) is 1.57. The zero-order valence-electron chi connectivity index (χ0n) is 9.38. The molecule has 4 nitrogen and oxygen atoms in total. The van der Waals surface area contributed by atoms with E-state index in [9.17, 15) is 4.79 Å². The first-order valence-electron chi connectivity index (χ1n) is 5.11. The Labute approximate surface area is 99.1 Å². The number of anilines is 1. The van der Waals surface area contributed by atoms with E-state index in [0.29, 0.717) is 5.69 Å². The molecular weight excluding hydrogens is 216 g/mol. The predicted molar refractivity (Wildman–Crippen MR) is 65.4 cm³/mol. The molecule has 0 amide bonds. The fourth-order valence-corrected chi connectivity index (χ4v) is 1.54. The van der Waals surface area contributed by atoms with Crippen molar-refractivity contribution in [1.29, 1.82) is 0 Å². The zero-order valence-corrected chi connectivity index (χ0v) is 9.38. The number of esters is 1. The Hall–Kier alpha value is -2.36. The van der Waals surface area contributed by atoms with Crippen molar-refractivity contribution >= 4 is 11.7 Å². The van der Waals surface area contributed by atoms with Gasteiger partial charge in [-0.2, -0.15) is 0 Å². The summed E-state index contributed by atoms with van der Waals surface area (Å²) < 4.78 is 4.62. The highest BCUT2D eigenvalue weighted by Crippen LogP contribution is 2.21. The van der Waals surface area contributed by atoms with Gasteiger partial charge >= 0.3 is 5.97 Å². The van der Waals surface area contributed by atoms with Crippen molar-refractivity contribution in [3.8, 4) is 11.1 Å². The summed E-state index contributed by atoms with van der Waals surface area (Å²) in [6.45, 7) is 0. The number of nitrogens with two attached hydrogens (primary N) is 1. The number of aromatic nitrogens is 1. The van der Waals surface area contributed by atoms with Gasteiger partial charge in [0.25, 0.3) is 0 Å². The molecule has 2 rings (SSSR count). The molecule has 0 saturated carbocycles. The summed E-state index contributed by atoms with van der Waals surface area (Å²) in [6, 6.07) is 10.9. The van der Waals surface area contributed by atoms with E-state index in [1.165, 1.54) is 7.11 Å². The van der Waals surface area contributed by atoms with Crippen molar-refractivity contribution in [3.05, 3.63) is 48.3 Å². The van der Waals surface area contributed by atoms with E-state index in [0.717, 1.165) is 11.1 Å². The van der Waals surface area contributed by atoms with Gasteiger partial charge in [0.1, 0.15) is 5.69 Å². The molecule has 1 aromatic heterocycles. The minimum Gasteiger partial charge on any atom is -0.464 e.